The summed E-state index contributed by atoms with van der Waals surface area (Å²) in [6.45, 7) is 5.50. The van der Waals surface area contributed by atoms with Crippen LogP contribution in [0.25, 0.3) is 10.9 Å². The second-order valence-electron chi connectivity index (χ2n) is 6.15. The van der Waals surface area contributed by atoms with Crippen LogP contribution >= 0.6 is 0 Å². The summed E-state index contributed by atoms with van der Waals surface area (Å²) in [4.78, 5) is 0. The lowest BCUT2D eigenvalue weighted by molar-refractivity contribution is 0.466. The van der Waals surface area contributed by atoms with Gasteiger partial charge < -0.3 is 9.88 Å². The van der Waals surface area contributed by atoms with Crippen molar-refractivity contribution in [1.82, 2.24) is 9.88 Å². The number of fused-ring (bicyclic) bond motifs is 1. The molecule has 0 spiro atoms. The van der Waals surface area contributed by atoms with Crippen LogP contribution in [0.1, 0.15) is 44.6 Å². The third kappa shape index (κ3) is 2.90. The Morgan fingerprint density at radius 1 is 1.20 bits per heavy atom. The maximum atomic E-state index is 3.52. The van der Waals surface area contributed by atoms with Gasteiger partial charge in [-0.2, -0.15) is 0 Å². The molecule has 1 heterocycles. The minimum absolute atomic E-state index is 0.896. The summed E-state index contributed by atoms with van der Waals surface area (Å²) in [5.74, 6) is 0.896. The number of nitrogens with zero attached hydrogens (tertiary/aromatic N) is 1. The van der Waals surface area contributed by atoms with Crippen molar-refractivity contribution in [2.24, 2.45) is 5.92 Å². The Bertz CT molecular complexity index is 550. The van der Waals surface area contributed by atoms with E-state index in [0.29, 0.717) is 0 Å². The largest absolute Gasteiger partial charge is 0.347 e. The van der Waals surface area contributed by atoms with Crippen molar-refractivity contribution in [3.63, 3.8) is 0 Å². The van der Waals surface area contributed by atoms with Crippen LogP contribution in [0.15, 0.2) is 30.5 Å². The van der Waals surface area contributed by atoms with Crippen molar-refractivity contribution < 1.29 is 0 Å². The van der Waals surface area contributed by atoms with E-state index in [1.165, 1.54) is 55.1 Å². The first-order chi connectivity index (χ1) is 9.88. The van der Waals surface area contributed by atoms with Crippen LogP contribution in [0.4, 0.5) is 0 Å². The van der Waals surface area contributed by atoms with Gasteiger partial charge in [0.25, 0.3) is 0 Å². The van der Waals surface area contributed by atoms with E-state index in [1.807, 2.05) is 0 Å². The average molecular weight is 270 g/mol. The number of hydrogen-bond donors (Lipinski definition) is 1. The summed E-state index contributed by atoms with van der Waals surface area (Å²) in [5.41, 5.74) is 2.84. The third-order valence-electron chi connectivity index (χ3n) is 4.58. The fraction of sp³-hybridized carbons (Fsp3) is 0.556. The molecule has 1 N–H and O–H groups in total. The van der Waals surface area contributed by atoms with Crippen LogP contribution in [-0.2, 0) is 13.1 Å². The van der Waals surface area contributed by atoms with Gasteiger partial charge in [-0.05, 0) is 49.4 Å². The van der Waals surface area contributed by atoms with Crippen molar-refractivity contribution in [3.05, 3.63) is 36.0 Å². The molecular formula is C18H26N2. The second kappa shape index (κ2) is 6.45. The number of nitrogens with one attached hydrogen (secondary N) is 1. The molecular weight excluding hydrogens is 244 g/mol. The van der Waals surface area contributed by atoms with E-state index >= 15 is 0 Å². The molecule has 108 valence electrons. The van der Waals surface area contributed by atoms with Crippen LogP contribution in [-0.4, -0.2) is 11.1 Å². The molecule has 1 aliphatic rings. The molecule has 1 aromatic heterocycles. The van der Waals surface area contributed by atoms with Gasteiger partial charge in [0, 0.05) is 30.2 Å². The highest BCUT2D eigenvalue weighted by molar-refractivity contribution is 5.83. The van der Waals surface area contributed by atoms with Gasteiger partial charge in [0.15, 0.2) is 0 Å². The average Bonchev–Trinajstić information content (AvgIpc) is 3.11. The molecule has 3 rings (SSSR count). The standard InChI is InChI=1S/C18H26N2/c1-2-11-19-13-16-8-5-9-18-17(16)10-12-20(18)14-15-6-3-4-7-15/h5,8-10,12,15,19H,2-4,6-7,11,13-14H2,1H3. The van der Waals surface area contributed by atoms with E-state index in [2.05, 4.69) is 47.3 Å². The lowest BCUT2D eigenvalue weighted by atomic mass is 10.1. The number of benzene rings is 1. The summed E-state index contributed by atoms with van der Waals surface area (Å²) in [6, 6.07) is 9.03. The molecule has 20 heavy (non-hydrogen) atoms. The molecule has 1 saturated carbocycles. The van der Waals surface area contributed by atoms with Crippen LogP contribution in [0.3, 0.4) is 0 Å². The van der Waals surface area contributed by atoms with Crippen LogP contribution in [0.2, 0.25) is 0 Å². The first kappa shape index (κ1) is 13.7. The summed E-state index contributed by atoms with van der Waals surface area (Å²) < 4.78 is 2.47. The highest BCUT2D eigenvalue weighted by Crippen LogP contribution is 2.28. The normalized spacial score (nSPS) is 16.2. The predicted octanol–water partition coefficient (Wildman–Crippen LogP) is 4.33. The highest BCUT2D eigenvalue weighted by atomic mass is 15.0. The molecule has 0 unspecified atom stereocenters. The van der Waals surface area contributed by atoms with Crippen molar-refractivity contribution in [2.75, 3.05) is 6.54 Å². The van der Waals surface area contributed by atoms with Crippen molar-refractivity contribution in [3.8, 4) is 0 Å². The zero-order valence-electron chi connectivity index (χ0n) is 12.6. The summed E-state index contributed by atoms with van der Waals surface area (Å²) >= 11 is 0. The maximum absolute atomic E-state index is 3.52. The van der Waals surface area contributed by atoms with Crippen molar-refractivity contribution in [1.29, 1.82) is 0 Å². The maximum Gasteiger partial charge on any atom is 0.0483 e. The Hall–Kier alpha value is -1.28. The lowest BCUT2D eigenvalue weighted by Crippen LogP contribution is -2.13. The Morgan fingerprint density at radius 3 is 2.85 bits per heavy atom. The molecule has 1 fully saturated rings. The van der Waals surface area contributed by atoms with Crippen molar-refractivity contribution >= 4 is 10.9 Å². The monoisotopic (exact) mass is 270 g/mol. The van der Waals surface area contributed by atoms with Crippen molar-refractivity contribution in [2.45, 2.75) is 52.1 Å². The Morgan fingerprint density at radius 2 is 2.05 bits per heavy atom. The number of hydrogen-bond acceptors (Lipinski definition) is 1. The van der Waals surface area contributed by atoms with Gasteiger partial charge >= 0.3 is 0 Å². The molecule has 0 saturated heterocycles. The van der Waals surface area contributed by atoms with Gasteiger partial charge in [-0.1, -0.05) is 31.9 Å². The molecule has 0 amide bonds. The molecule has 0 bridgehead atoms. The summed E-state index contributed by atoms with van der Waals surface area (Å²) in [6.07, 6.45) is 9.16. The first-order valence-electron chi connectivity index (χ1n) is 8.16. The molecule has 1 aromatic carbocycles. The molecule has 2 aromatic rings. The Kier molecular flexibility index (Phi) is 4.41. The highest BCUT2D eigenvalue weighted by Gasteiger charge is 2.16. The Balaban J connectivity index is 1.79. The van der Waals surface area contributed by atoms with E-state index in [-0.39, 0.29) is 0 Å². The van der Waals surface area contributed by atoms with E-state index in [9.17, 15) is 0 Å². The van der Waals surface area contributed by atoms with Gasteiger partial charge in [0.05, 0.1) is 0 Å². The Labute approximate surface area is 122 Å². The van der Waals surface area contributed by atoms with E-state index in [1.54, 1.807) is 0 Å². The van der Waals surface area contributed by atoms with Gasteiger partial charge in [-0.15, -0.1) is 0 Å². The van der Waals surface area contributed by atoms with Gasteiger partial charge in [-0.25, -0.2) is 0 Å². The van der Waals surface area contributed by atoms with E-state index in [0.717, 1.165) is 19.0 Å². The molecule has 0 atom stereocenters. The van der Waals surface area contributed by atoms with Gasteiger partial charge in [0.2, 0.25) is 0 Å². The van der Waals surface area contributed by atoms with Crippen LogP contribution in [0, 0.1) is 5.92 Å². The van der Waals surface area contributed by atoms with Crippen LogP contribution < -0.4 is 5.32 Å². The van der Waals surface area contributed by atoms with Crippen LogP contribution in [0.5, 0.6) is 0 Å². The summed E-state index contributed by atoms with van der Waals surface area (Å²) in [5, 5.41) is 4.94. The van der Waals surface area contributed by atoms with Gasteiger partial charge in [-0.3, -0.25) is 0 Å². The minimum Gasteiger partial charge on any atom is -0.347 e. The number of rotatable bonds is 6. The minimum atomic E-state index is 0.896. The zero-order valence-corrected chi connectivity index (χ0v) is 12.6. The molecule has 2 nitrogen and oxygen atoms in total. The second-order valence-corrected chi connectivity index (χ2v) is 6.15. The predicted molar refractivity (Wildman–Crippen MR) is 85.9 cm³/mol. The van der Waals surface area contributed by atoms with E-state index in [4.69, 9.17) is 0 Å². The molecule has 0 aliphatic heterocycles. The third-order valence-corrected chi connectivity index (χ3v) is 4.58. The SMILES string of the molecule is CCCNCc1cccc2c1ccn2CC1CCCC1. The smallest absolute Gasteiger partial charge is 0.0483 e. The molecule has 2 heteroatoms. The first-order valence-corrected chi connectivity index (χ1v) is 8.16. The topological polar surface area (TPSA) is 17.0 Å². The van der Waals surface area contributed by atoms with E-state index < -0.39 is 0 Å². The lowest BCUT2D eigenvalue weighted by Gasteiger charge is -2.12. The fourth-order valence-electron chi connectivity index (χ4n) is 3.47. The zero-order chi connectivity index (χ0) is 13.8. The fourth-order valence-corrected chi connectivity index (χ4v) is 3.47. The number of aromatic nitrogens is 1. The quantitative estimate of drug-likeness (QED) is 0.773. The molecule has 1 aliphatic carbocycles. The molecule has 0 radical (unpaired) electrons. The summed E-state index contributed by atoms with van der Waals surface area (Å²) in [7, 11) is 0. The van der Waals surface area contributed by atoms with Gasteiger partial charge in [0.1, 0.15) is 0 Å².